The fraction of sp³-hybridized carbons (Fsp3) is 0.400. The van der Waals surface area contributed by atoms with E-state index in [9.17, 15) is 0 Å². The monoisotopic (exact) mass is 413 g/mol. The molecule has 3 aromatic rings. The average Bonchev–Trinajstić information content (AvgIpc) is 2.63. The molecular weight excluding hydrogens is 390 g/mol. The van der Waals surface area contributed by atoms with Gasteiger partial charge in [0, 0.05) is 0 Å². The minimum atomic E-state index is -1.39. The van der Waals surface area contributed by atoms with Gasteiger partial charge in [-0.1, -0.05) is 26.2 Å². The van der Waals surface area contributed by atoms with Gasteiger partial charge < -0.3 is 34.4 Å². The molecule has 3 aromatic heterocycles. The van der Waals surface area contributed by atoms with Gasteiger partial charge in [0.1, 0.15) is 0 Å². The molecule has 0 bridgehead atoms. The standard InChI is InChI=1S/C15H23N15/c1-2-3-4-5-15(6-22-9(16)28-10(17)23-6,7-24-11(18)29-12(19)25-7)8-26-13(20)30-14(21)27-8/h2-5H2,1H3,(H4,16,17,22,23,28)(H4,18,19,24,25,29)(H4,20,21,26,27,30). The molecule has 158 valence electrons. The van der Waals surface area contributed by atoms with Crippen LogP contribution in [-0.4, -0.2) is 44.9 Å². The van der Waals surface area contributed by atoms with Gasteiger partial charge in [-0.25, -0.2) is 0 Å². The van der Waals surface area contributed by atoms with Crippen LogP contribution in [0.3, 0.4) is 0 Å². The minimum Gasteiger partial charge on any atom is -0.368 e. The Morgan fingerprint density at radius 3 is 1.07 bits per heavy atom. The van der Waals surface area contributed by atoms with Gasteiger partial charge in [-0.2, -0.15) is 44.9 Å². The summed E-state index contributed by atoms with van der Waals surface area (Å²) in [5.74, 6) is -0.366. The molecule has 0 aliphatic heterocycles. The highest BCUT2D eigenvalue weighted by molar-refractivity contribution is 5.43. The lowest BCUT2D eigenvalue weighted by Crippen LogP contribution is -2.38. The Balaban J connectivity index is 2.40. The summed E-state index contributed by atoms with van der Waals surface area (Å²) in [5.41, 5.74) is 33.6. The summed E-state index contributed by atoms with van der Waals surface area (Å²) < 4.78 is 0. The zero-order valence-electron chi connectivity index (χ0n) is 16.3. The highest BCUT2D eigenvalue weighted by Crippen LogP contribution is 2.39. The second kappa shape index (κ2) is 8.06. The number of unbranched alkanes of at least 4 members (excludes halogenated alkanes) is 2. The van der Waals surface area contributed by atoms with Gasteiger partial charge in [-0.15, -0.1) is 0 Å². The van der Waals surface area contributed by atoms with Gasteiger partial charge in [-0.3, -0.25) is 0 Å². The summed E-state index contributed by atoms with van der Waals surface area (Å²) in [7, 11) is 0. The Kier molecular flexibility index (Phi) is 5.52. The van der Waals surface area contributed by atoms with Crippen molar-refractivity contribution in [3.8, 4) is 0 Å². The Morgan fingerprint density at radius 1 is 0.500 bits per heavy atom. The Morgan fingerprint density at radius 2 is 0.800 bits per heavy atom. The smallest absolute Gasteiger partial charge is 0.225 e. The molecule has 0 aromatic carbocycles. The number of rotatable bonds is 7. The molecule has 30 heavy (non-hydrogen) atoms. The van der Waals surface area contributed by atoms with Crippen LogP contribution in [0.2, 0.25) is 0 Å². The summed E-state index contributed by atoms with van der Waals surface area (Å²) in [4.78, 5) is 37.1. The fourth-order valence-corrected chi connectivity index (χ4v) is 3.08. The van der Waals surface area contributed by atoms with E-state index in [1.54, 1.807) is 0 Å². The van der Waals surface area contributed by atoms with Crippen LogP contribution >= 0.6 is 0 Å². The molecule has 3 rings (SSSR count). The summed E-state index contributed by atoms with van der Waals surface area (Å²) >= 11 is 0. The molecule has 0 aliphatic rings. The van der Waals surface area contributed by atoms with Gasteiger partial charge in [-0.05, 0) is 6.42 Å². The van der Waals surface area contributed by atoms with Gasteiger partial charge in [0.15, 0.2) is 22.9 Å². The molecule has 15 nitrogen and oxygen atoms in total. The number of aromatic nitrogens is 9. The number of anilines is 6. The lowest BCUT2D eigenvalue weighted by molar-refractivity contribution is 0.443. The van der Waals surface area contributed by atoms with Gasteiger partial charge in [0.2, 0.25) is 35.7 Å². The van der Waals surface area contributed by atoms with Crippen LogP contribution in [0.1, 0.15) is 50.1 Å². The summed E-state index contributed by atoms with van der Waals surface area (Å²) in [5, 5.41) is 0. The lowest BCUT2D eigenvalue weighted by Gasteiger charge is -2.29. The summed E-state index contributed by atoms with van der Waals surface area (Å²) in [6.07, 6.45) is 2.82. The van der Waals surface area contributed by atoms with E-state index in [4.69, 9.17) is 34.4 Å². The fourth-order valence-electron chi connectivity index (χ4n) is 3.08. The molecule has 0 saturated heterocycles. The molecule has 0 amide bonds. The molecule has 0 unspecified atom stereocenters. The summed E-state index contributed by atoms with van der Waals surface area (Å²) in [6, 6.07) is 0. The van der Waals surface area contributed by atoms with E-state index < -0.39 is 5.41 Å². The SMILES string of the molecule is CCCCCC(c1nc(N)nc(N)n1)(c1nc(N)nc(N)n1)c1nc(N)nc(N)n1. The number of nitrogens with two attached hydrogens (primary N) is 6. The van der Waals surface area contributed by atoms with Crippen molar-refractivity contribution in [3.05, 3.63) is 17.5 Å². The van der Waals surface area contributed by atoms with E-state index in [1.165, 1.54) is 0 Å². The first-order chi connectivity index (χ1) is 14.2. The Labute approximate surface area is 171 Å². The second-order valence-corrected chi connectivity index (χ2v) is 6.49. The third-order valence-corrected chi connectivity index (χ3v) is 4.31. The zero-order valence-corrected chi connectivity index (χ0v) is 16.3. The summed E-state index contributed by atoms with van der Waals surface area (Å²) in [6.45, 7) is 2.05. The average molecular weight is 413 g/mol. The van der Waals surface area contributed by atoms with Gasteiger partial charge in [0.05, 0.1) is 0 Å². The third-order valence-electron chi connectivity index (χ3n) is 4.31. The zero-order chi connectivity index (χ0) is 21.9. The highest BCUT2D eigenvalue weighted by atomic mass is 15.2. The van der Waals surface area contributed by atoms with E-state index in [2.05, 4.69) is 51.8 Å². The van der Waals surface area contributed by atoms with Crippen molar-refractivity contribution < 1.29 is 0 Å². The van der Waals surface area contributed by atoms with E-state index in [0.29, 0.717) is 12.8 Å². The number of nitrogens with zero attached hydrogens (tertiary/aromatic N) is 9. The molecular formula is C15H23N15. The van der Waals surface area contributed by atoms with Gasteiger partial charge in [0.25, 0.3) is 0 Å². The Bertz CT molecular complexity index is 866. The van der Waals surface area contributed by atoms with Gasteiger partial charge >= 0.3 is 0 Å². The van der Waals surface area contributed by atoms with Crippen LogP contribution in [0.4, 0.5) is 35.7 Å². The van der Waals surface area contributed by atoms with Crippen molar-refractivity contribution in [1.29, 1.82) is 0 Å². The number of hydrogen-bond acceptors (Lipinski definition) is 15. The van der Waals surface area contributed by atoms with Crippen LogP contribution in [0.25, 0.3) is 0 Å². The maximum absolute atomic E-state index is 5.84. The van der Waals surface area contributed by atoms with E-state index >= 15 is 0 Å². The molecule has 0 radical (unpaired) electrons. The lowest BCUT2D eigenvalue weighted by atomic mass is 9.79. The predicted molar refractivity (Wildman–Crippen MR) is 110 cm³/mol. The first-order valence-corrected chi connectivity index (χ1v) is 9.07. The van der Waals surface area contributed by atoms with Crippen molar-refractivity contribution in [2.75, 3.05) is 34.4 Å². The molecule has 15 heteroatoms. The van der Waals surface area contributed by atoms with E-state index in [-0.39, 0.29) is 53.2 Å². The topological polar surface area (TPSA) is 272 Å². The highest BCUT2D eigenvalue weighted by Gasteiger charge is 2.46. The largest absolute Gasteiger partial charge is 0.368 e. The molecule has 12 N–H and O–H groups in total. The molecule has 0 saturated carbocycles. The molecule has 0 aliphatic carbocycles. The normalized spacial score (nSPS) is 11.5. The van der Waals surface area contributed by atoms with Crippen LogP contribution < -0.4 is 34.4 Å². The van der Waals surface area contributed by atoms with Crippen LogP contribution in [0.15, 0.2) is 0 Å². The van der Waals surface area contributed by atoms with Crippen molar-refractivity contribution >= 4 is 35.7 Å². The first-order valence-electron chi connectivity index (χ1n) is 9.07. The molecule has 3 heterocycles. The molecule has 0 atom stereocenters. The first kappa shape index (κ1) is 20.6. The Hall–Kier alpha value is -4.17. The quantitative estimate of drug-likeness (QED) is 0.244. The third kappa shape index (κ3) is 3.98. The minimum absolute atomic E-state index is 0.0959. The number of nitrogen functional groups attached to an aromatic ring is 6. The van der Waals surface area contributed by atoms with Crippen LogP contribution in [0.5, 0.6) is 0 Å². The van der Waals surface area contributed by atoms with Crippen molar-refractivity contribution in [2.45, 2.75) is 38.0 Å². The number of hydrogen-bond donors (Lipinski definition) is 6. The molecule has 0 spiro atoms. The van der Waals surface area contributed by atoms with Crippen LogP contribution in [-0.2, 0) is 5.41 Å². The van der Waals surface area contributed by atoms with Crippen molar-refractivity contribution in [3.63, 3.8) is 0 Å². The van der Waals surface area contributed by atoms with E-state index in [1.807, 2.05) is 0 Å². The van der Waals surface area contributed by atoms with Crippen molar-refractivity contribution in [1.82, 2.24) is 44.9 Å². The van der Waals surface area contributed by atoms with Crippen LogP contribution in [0, 0.1) is 0 Å². The second-order valence-electron chi connectivity index (χ2n) is 6.49. The maximum atomic E-state index is 5.84. The van der Waals surface area contributed by atoms with Crippen molar-refractivity contribution in [2.24, 2.45) is 0 Å². The van der Waals surface area contributed by atoms with E-state index in [0.717, 1.165) is 12.8 Å². The predicted octanol–water partition coefficient (Wildman–Crippen LogP) is -1.35. The maximum Gasteiger partial charge on any atom is 0.225 e. The molecule has 0 fully saturated rings.